The van der Waals surface area contributed by atoms with Crippen molar-refractivity contribution >= 4 is 5.91 Å². The summed E-state index contributed by atoms with van der Waals surface area (Å²) in [6, 6.07) is 5.22. The molecule has 1 saturated heterocycles. The van der Waals surface area contributed by atoms with Crippen molar-refractivity contribution in [3.05, 3.63) is 36.3 Å². The summed E-state index contributed by atoms with van der Waals surface area (Å²) in [6.07, 6.45) is 4.62. The lowest BCUT2D eigenvalue weighted by Gasteiger charge is -2.32. The van der Waals surface area contributed by atoms with Crippen LogP contribution in [0.1, 0.15) is 44.0 Å². The molecule has 1 aliphatic rings. The molecule has 162 valence electrons. The average molecular weight is 415 g/mol. The predicted octanol–water partition coefficient (Wildman–Crippen LogP) is 3.36. The molecule has 8 nitrogen and oxygen atoms in total. The highest BCUT2D eigenvalue weighted by atomic mass is 16.5. The molecule has 0 bridgehead atoms. The van der Waals surface area contributed by atoms with E-state index in [4.69, 9.17) is 18.9 Å². The number of likely N-dealkylation sites (tertiary alicyclic amines) is 1. The summed E-state index contributed by atoms with van der Waals surface area (Å²) in [6.45, 7) is 8.32. The van der Waals surface area contributed by atoms with E-state index >= 15 is 0 Å². The number of aromatic nitrogens is 2. The van der Waals surface area contributed by atoms with Gasteiger partial charge >= 0.3 is 0 Å². The third-order valence-electron chi connectivity index (χ3n) is 4.73. The minimum Gasteiger partial charge on any atom is -0.490 e. The van der Waals surface area contributed by atoms with Gasteiger partial charge in [-0.2, -0.15) is 0 Å². The lowest BCUT2D eigenvalue weighted by molar-refractivity contribution is 0.0586. The molecule has 2 heterocycles. The SMILES string of the molecule is CCOc1cc(C(=O)N2CCC(Oc3ccncn3)CC2)cc(OCC)c1OCC. The van der Waals surface area contributed by atoms with Gasteiger partial charge in [0, 0.05) is 43.8 Å². The first-order valence-electron chi connectivity index (χ1n) is 10.4. The summed E-state index contributed by atoms with van der Waals surface area (Å²) in [5, 5.41) is 0. The van der Waals surface area contributed by atoms with Gasteiger partial charge in [-0.15, -0.1) is 0 Å². The number of hydrogen-bond acceptors (Lipinski definition) is 7. The Labute approximate surface area is 177 Å². The smallest absolute Gasteiger partial charge is 0.254 e. The summed E-state index contributed by atoms with van der Waals surface area (Å²) in [4.78, 5) is 23.0. The van der Waals surface area contributed by atoms with Gasteiger partial charge in [-0.05, 0) is 32.9 Å². The number of rotatable bonds is 9. The van der Waals surface area contributed by atoms with Crippen LogP contribution < -0.4 is 18.9 Å². The lowest BCUT2D eigenvalue weighted by atomic mass is 10.1. The maximum atomic E-state index is 13.2. The molecule has 0 aliphatic carbocycles. The van der Waals surface area contributed by atoms with Gasteiger partial charge in [0.1, 0.15) is 12.4 Å². The van der Waals surface area contributed by atoms with Crippen molar-refractivity contribution in [2.75, 3.05) is 32.9 Å². The van der Waals surface area contributed by atoms with Crippen molar-refractivity contribution < 1.29 is 23.7 Å². The fourth-order valence-electron chi connectivity index (χ4n) is 3.39. The third-order valence-corrected chi connectivity index (χ3v) is 4.73. The molecule has 1 aliphatic heterocycles. The number of benzene rings is 1. The topological polar surface area (TPSA) is 83.0 Å². The lowest BCUT2D eigenvalue weighted by Crippen LogP contribution is -2.41. The Kier molecular flexibility index (Phi) is 7.70. The van der Waals surface area contributed by atoms with Gasteiger partial charge in [0.05, 0.1) is 19.8 Å². The van der Waals surface area contributed by atoms with E-state index in [0.29, 0.717) is 61.6 Å². The molecular weight excluding hydrogens is 386 g/mol. The monoisotopic (exact) mass is 415 g/mol. The Morgan fingerprint density at radius 3 is 2.20 bits per heavy atom. The molecule has 0 unspecified atom stereocenters. The van der Waals surface area contributed by atoms with Crippen LogP contribution in [0.5, 0.6) is 23.1 Å². The van der Waals surface area contributed by atoms with Crippen LogP contribution in [0, 0.1) is 0 Å². The Morgan fingerprint density at radius 2 is 1.67 bits per heavy atom. The molecule has 0 spiro atoms. The van der Waals surface area contributed by atoms with E-state index in [0.717, 1.165) is 12.8 Å². The molecule has 1 aromatic heterocycles. The van der Waals surface area contributed by atoms with Gasteiger partial charge in [0.25, 0.3) is 5.91 Å². The molecule has 8 heteroatoms. The molecule has 0 N–H and O–H groups in total. The quantitative estimate of drug-likeness (QED) is 0.621. The molecule has 1 aromatic carbocycles. The second kappa shape index (κ2) is 10.7. The largest absolute Gasteiger partial charge is 0.490 e. The Hall–Kier alpha value is -3.03. The van der Waals surface area contributed by atoms with Crippen LogP contribution >= 0.6 is 0 Å². The fraction of sp³-hybridized carbons (Fsp3) is 0.500. The Morgan fingerprint density at radius 1 is 1.03 bits per heavy atom. The molecule has 0 radical (unpaired) electrons. The Bertz CT molecular complexity index is 796. The molecule has 3 rings (SSSR count). The molecule has 30 heavy (non-hydrogen) atoms. The van der Waals surface area contributed by atoms with Gasteiger partial charge in [-0.1, -0.05) is 0 Å². The molecule has 1 amide bonds. The van der Waals surface area contributed by atoms with Crippen LogP contribution in [-0.2, 0) is 0 Å². The van der Waals surface area contributed by atoms with Crippen LogP contribution in [0.25, 0.3) is 0 Å². The van der Waals surface area contributed by atoms with Gasteiger partial charge in [0.15, 0.2) is 11.5 Å². The number of carbonyl (C=O) groups is 1. The highest BCUT2D eigenvalue weighted by Gasteiger charge is 2.27. The zero-order valence-corrected chi connectivity index (χ0v) is 17.8. The molecule has 0 saturated carbocycles. The molecule has 0 atom stereocenters. The number of ether oxygens (including phenoxy) is 4. The number of amides is 1. The summed E-state index contributed by atoms with van der Waals surface area (Å²) in [5.74, 6) is 2.09. The summed E-state index contributed by atoms with van der Waals surface area (Å²) >= 11 is 0. The van der Waals surface area contributed by atoms with Crippen molar-refractivity contribution in [2.24, 2.45) is 0 Å². The first-order chi connectivity index (χ1) is 14.7. The van der Waals surface area contributed by atoms with Gasteiger partial charge in [-0.3, -0.25) is 4.79 Å². The second-order valence-electron chi connectivity index (χ2n) is 6.76. The zero-order chi connectivity index (χ0) is 21.3. The van der Waals surface area contributed by atoms with Crippen LogP contribution in [0.2, 0.25) is 0 Å². The van der Waals surface area contributed by atoms with Crippen molar-refractivity contribution in [1.82, 2.24) is 14.9 Å². The number of piperidine rings is 1. The normalized spacial score (nSPS) is 14.3. The van der Waals surface area contributed by atoms with E-state index in [1.54, 1.807) is 24.4 Å². The Balaban J connectivity index is 1.71. The van der Waals surface area contributed by atoms with Gasteiger partial charge < -0.3 is 23.8 Å². The van der Waals surface area contributed by atoms with Crippen LogP contribution in [-0.4, -0.2) is 59.8 Å². The average Bonchev–Trinajstić information content (AvgIpc) is 2.77. The zero-order valence-electron chi connectivity index (χ0n) is 17.8. The van der Waals surface area contributed by atoms with Gasteiger partial charge in [0.2, 0.25) is 11.6 Å². The predicted molar refractivity (Wildman–Crippen MR) is 112 cm³/mol. The van der Waals surface area contributed by atoms with E-state index in [-0.39, 0.29) is 12.0 Å². The van der Waals surface area contributed by atoms with Crippen LogP contribution in [0.3, 0.4) is 0 Å². The molecule has 2 aromatic rings. The first kappa shape index (κ1) is 21.7. The van der Waals surface area contributed by atoms with Crippen molar-refractivity contribution in [1.29, 1.82) is 0 Å². The summed E-state index contributed by atoms with van der Waals surface area (Å²) < 4.78 is 23.1. The van der Waals surface area contributed by atoms with E-state index in [1.165, 1.54) is 6.33 Å². The van der Waals surface area contributed by atoms with Crippen LogP contribution in [0.15, 0.2) is 30.7 Å². The standard InChI is InChI=1S/C22H29N3O5/c1-4-27-18-13-16(14-19(28-5-2)21(18)29-6-3)22(26)25-11-8-17(9-12-25)30-20-7-10-23-15-24-20/h7,10,13-15,17H,4-6,8-9,11-12H2,1-3H3. The number of nitrogens with zero attached hydrogens (tertiary/aromatic N) is 3. The minimum atomic E-state index is -0.0551. The van der Waals surface area contributed by atoms with Crippen molar-refractivity contribution in [3.8, 4) is 23.1 Å². The van der Waals surface area contributed by atoms with Crippen molar-refractivity contribution in [3.63, 3.8) is 0 Å². The van der Waals surface area contributed by atoms with E-state index < -0.39 is 0 Å². The highest BCUT2D eigenvalue weighted by molar-refractivity contribution is 5.95. The molecule has 1 fully saturated rings. The fourth-order valence-corrected chi connectivity index (χ4v) is 3.39. The maximum Gasteiger partial charge on any atom is 0.254 e. The second-order valence-corrected chi connectivity index (χ2v) is 6.76. The summed E-state index contributed by atoms with van der Waals surface area (Å²) in [7, 11) is 0. The van der Waals surface area contributed by atoms with Gasteiger partial charge in [-0.25, -0.2) is 9.97 Å². The first-order valence-corrected chi connectivity index (χ1v) is 10.4. The van der Waals surface area contributed by atoms with E-state index in [2.05, 4.69) is 9.97 Å². The minimum absolute atomic E-state index is 0.0299. The maximum absolute atomic E-state index is 13.2. The third kappa shape index (κ3) is 5.31. The van der Waals surface area contributed by atoms with E-state index in [9.17, 15) is 4.79 Å². The van der Waals surface area contributed by atoms with Crippen LogP contribution in [0.4, 0.5) is 0 Å². The van der Waals surface area contributed by atoms with Crippen molar-refractivity contribution in [2.45, 2.75) is 39.7 Å². The van der Waals surface area contributed by atoms with E-state index in [1.807, 2.05) is 25.7 Å². The summed E-state index contributed by atoms with van der Waals surface area (Å²) in [5.41, 5.74) is 0.528. The highest BCUT2D eigenvalue weighted by Crippen LogP contribution is 2.39. The number of carbonyl (C=O) groups excluding carboxylic acids is 1. The number of hydrogen-bond donors (Lipinski definition) is 0. The molecular formula is C22H29N3O5.